The van der Waals surface area contributed by atoms with Crippen molar-refractivity contribution in [1.29, 1.82) is 0 Å². The van der Waals surface area contributed by atoms with Gasteiger partial charge in [0.05, 0.1) is 0 Å². The zero-order valence-corrected chi connectivity index (χ0v) is 4.53. The summed E-state index contributed by atoms with van der Waals surface area (Å²) in [5.74, 6) is 0.573. The number of rotatable bonds is 1. The molecule has 1 radical (unpaired) electrons. The normalized spacial score (nSPS) is 12.0. The third kappa shape index (κ3) is 2.15. The molecule has 1 nitrogen and oxygen atoms in total. The molecule has 35 valence electrons. The summed E-state index contributed by atoms with van der Waals surface area (Å²) in [5, 5.41) is 9.65. The van der Waals surface area contributed by atoms with Crippen LogP contribution in [0.15, 0.2) is 11.8 Å². The molecule has 0 rings (SSSR count). The average Bonchev–Trinajstić information content (AvgIpc) is 1.65. The highest BCUT2D eigenvalue weighted by molar-refractivity contribution is 7.80. The molecule has 0 N–H and O–H groups in total. The first-order chi connectivity index (χ1) is 2.81. The highest BCUT2D eigenvalue weighted by atomic mass is 32.1. The van der Waals surface area contributed by atoms with E-state index in [0.717, 1.165) is 11.8 Å². The Morgan fingerprint density at radius 1 is 2.00 bits per heavy atom. The van der Waals surface area contributed by atoms with Gasteiger partial charge in [-0.1, -0.05) is 0 Å². The van der Waals surface area contributed by atoms with Gasteiger partial charge in [-0.3, -0.25) is 5.11 Å². The molecule has 0 aliphatic carbocycles. The Balaban J connectivity index is 3.22. The summed E-state index contributed by atoms with van der Waals surface area (Å²) in [6.07, 6.45) is 0.812. The molecule has 0 aliphatic rings. The molecule has 0 atom stereocenters. The molecule has 6 heavy (non-hydrogen) atoms. The van der Waals surface area contributed by atoms with Gasteiger partial charge in [-0.2, -0.15) is 12.6 Å². The van der Waals surface area contributed by atoms with Crippen LogP contribution in [0, 0.1) is 0 Å². The van der Waals surface area contributed by atoms with Crippen LogP contribution in [0.3, 0.4) is 0 Å². The second-order valence-electron chi connectivity index (χ2n) is 1.12. The zero-order chi connectivity index (χ0) is 4.99. The van der Waals surface area contributed by atoms with Gasteiger partial charge in [0.15, 0.2) is 0 Å². The van der Waals surface area contributed by atoms with Crippen LogP contribution >= 0.6 is 12.6 Å². The van der Waals surface area contributed by atoms with E-state index >= 15 is 0 Å². The second kappa shape index (κ2) is 3.09. The average molecular weight is 103 g/mol. The first kappa shape index (κ1) is 5.89. The van der Waals surface area contributed by atoms with Crippen LogP contribution in [0.2, 0.25) is 0 Å². The van der Waals surface area contributed by atoms with Crippen LogP contribution in [0.5, 0.6) is 0 Å². The maximum Gasteiger partial charge on any atom is 0.142 e. The molecule has 2 heteroatoms. The van der Waals surface area contributed by atoms with E-state index in [9.17, 15) is 5.11 Å². The van der Waals surface area contributed by atoms with Gasteiger partial charge in [0.25, 0.3) is 0 Å². The molecule has 0 aromatic rings. The van der Waals surface area contributed by atoms with Gasteiger partial charge >= 0.3 is 0 Å². The molecule has 0 bridgehead atoms. The molecule has 0 heterocycles. The minimum atomic E-state index is 0.573. The summed E-state index contributed by atoms with van der Waals surface area (Å²) in [7, 11) is 0. The molecule has 0 aliphatic heterocycles. The molecular weight excluding hydrogens is 96.1 g/mol. The fourth-order valence-electron chi connectivity index (χ4n) is 0.0373. The van der Waals surface area contributed by atoms with Crippen molar-refractivity contribution >= 4 is 12.6 Å². The molecule has 0 saturated heterocycles. The maximum atomic E-state index is 9.65. The van der Waals surface area contributed by atoms with E-state index in [1.807, 2.05) is 0 Å². The molecule has 0 unspecified atom stereocenters. The second-order valence-corrected chi connectivity index (χ2v) is 1.44. The molecule has 0 spiro atoms. The third-order valence-corrected chi connectivity index (χ3v) is 0.949. The van der Waals surface area contributed by atoms with E-state index in [1.54, 1.807) is 6.92 Å². The van der Waals surface area contributed by atoms with E-state index in [-0.39, 0.29) is 0 Å². The van der Waals surface area contributed by atoms with Gasteiger partial charge in [-0.15, -0.1) is 0 Å². The Morgan fingerprint density at radius 3 is 2.50 bits per heavy atom. The minimum Gasteiger partial charge on any atom is -0.299 e. The highest BCUT2D eigenvalue weighted by Gasteiger charge is 1.77. The van der Waals surface area contributed by atoms with Gasteiger partial charge < -0.3 is 0 Å². The fraction of sp³-hybridized carbons (Fsp3) is 0.500. The van der Waals surface area contributed by atoms with E-state index in [2.05, 4.69) is 12.6 Å². The molecule has 0 aromatic carbocycles. The van der Waals surface area contributed by atoms with E-state index < -0.39 is 0 Å². The van der Waals surface area contributed by atoms with Crippen LogP contribution < -0.4 is 0 Å². The van der Waals surface area contributed by atoms with Crippen LogP contribution in [-0.4, -0.2) is 5.75 Å². The molecule has 0 saturated carbocycles. The third-order valence-electron chi connectivity index (χ3n) is 0.451. The van der Waals surface area contributed by atoms with Crippen molar-refractivity contribution in [2.24, 2.45) is 0 Å². The van der Waals surface area contributed by atoms with Crippen LogP contribution in [0.1, 0.15) is 6.92 Å². The zero-order valence-electron chi connectivity index (χ0n) is 3.64. The summed E-state index contributed by atoms with van der Waals surface area (Å²) in [6, 6.07) is 0. The molecular formula is C4H7OS. The standard InChI is InChI=1S/C4H7OS/c1-4(2-5)3-6/h2,6H,3H2,1H3. The van der Waals surface area contributed by atoms with Gasteiger partial charge in [0.2, 0.25) is 0 Å². The Hall–Kier alpha value is -0.110. The van der Waals surface area contributed by atoms with Crippen molar-refractivity contribution in [2.45, 2.75) is 6.92 Å². The molecule has 0 aromatic heterocycles. The molecule has 0 fully saturated rings. The van der Waals surface area contributed by atoms with Crippen molar-refractivity contribution in [3.8, 4) is 0 Å². The van der Waals surface area contributed by atoms with Crippen molar-refractivity contribution in [3.63, 3.8) is 0 Å². The summed E-state index contributed by atoms with van der Waals surface area (Å²) in [5.41, 5.74) is 0.776. The predicted molar refractivity (Wildman–Crippen MR) is 28.3 cm³/mol. The monoisotopic (exact) mass is 103 g/mol. The van der Waals surface area contributed by atoms with Gasteiger partial charge in [0, 0.05) is 5.75 Å². The van der Waals surface area contributed by atoms with E-state index in [0.29, 0.717) is 5.75 Å². The minimum absolute atomic E-state index is 0.573. The van der Waals surface area contributed by atoms with Gasteiger partial charge in [-0.25, -0.2) is 0 Å². The Bertz CT molecular complexity index is 58.6. The van der Waals surface area contributed by atoms with Crippen molar-refractivity contribution in [2.75, 3.05) is 5.75 Å². The van der Waals surface area contributed by atoms with Crippen LogP contribution in [-0.2, 0) is 5.11 Å². The number of hydrogen-bond acceptors (Lipinski definition) is 1. The van der Waals surface area contributed by atoms with Crippen LogP contribution in [0.4, 0.5) is 0 Å². The summed E-state index contributed by atoms with van der Waals surface area (Å²) in [4.78, 5) is 0. The largest absolute Gasteiger partial charge is 0.299 e. The number of thiol groups is 1. The first-order valence-electron chi connectivity index (χ1n) is 1.69. The SMILES string of the molecule is CC(=C[O])CS. The lowest BCUT2D eigenvalue weighted by molar-refractivity contribution is 0.347. The Morgan fingerprint density at radius 2 is 2.50 bits per heavy atom. The van der Waals surface area contributed by atoms with Crippen molar-refractivity contribution in [1.82, 2.24) is 0 Å². The number of hydrogen-bond donors (Lipinski definition) is 1. The van der Waals surface area contributed by atoms with Gasteiger partial charge in [0.1, 0.15) is 6.26 Å². The Labute approximate surface area is 43.1 Å². The lowest BCUT2D eigenvalue weighted by Gasteiger charge is -1.81. The maximum absolute atomic E-state index is 9.65. The lowest BCUT2D eigenvalue weighted by Crippen LogP contribution is -1.71. The van der Waals surface area contributed by atoms with Crippen molar-refractivity contribution in [3.05, 3.63) is 11.8 Å². The van der Waals surface area contributed by atoms with Crippen molar-refractivity contribution < 1.29 is 5.11 Å². The first-order valence-corrected chi connectivity index (χ1v) is 2.33. The smallest absolute Gasteiger partial charge is 0.142 e. The fourth-order valence-corrected chi connectivity index (χ4v) is 0.112. The Kier molecular flexibility index (Phi) is 3.04. The predicted octanol–water partition coefficient (Wildman–Crippen LogP) is 1.25. The van der Waals surface area contributed by atoms with E-state index in [4.69, 9.17) is 0 Å². The summed E-state index contributed by atoms with van der Waals surface area (Å²) in [6.45, 7) is 1.75. The topological polar surface area (TPSA) is 19.9 Å². The summed E-state index contributed by atoms with van der Waals surface area (Å²) >= 11 is 3.83. The lowest BCUT2D eigenvalue weighted by atomic mass is 10.4. The van der Waals surface area contributed by atoms with Gasteiger partial charge in [-0.05, 0) is 12.5 Å². The highest BCUT2D eigenvalue weighted by Crippen LogP contribution is 1.90. The quantitative estimate of drug-likeness (QED) is 0.380. The van der Waals surface area contributed by atoms with Crippen LogP contribution in [0.25, 0.3) is 0 Å². The molecule has 0 amide bonds. The summed E-state index contributed by atoms with van der Waals surface area (Å²) < 4.78 is 0. The van der Waals surface area contributed by atoms with E-state index in [1.165, 1.54) is 0 Å².